The first-order chi connectivity index (χ1) is 10.2. The summed E-state index contributed by atoms with van der Waals surface area (Å²) in [6, 6.07) is 1.98. The third-order valence-electron chi connectivity index (χ3n) is 3.68. The number of nitrogens with one attached hydrogen (secondary N) is 1. The Kier molecular flexibility index (Phi) is 4.33. The Labute approximate surface area is 123 Å². The first-order valence-electron chi connectivity index (χ1n) is 7.21. The smallest absolute Gasteiger partial charge is 0.114 e. The van der Waals surface area contributed by atoms with E-state index in [2.05, 4.69) is 20.2 Å². The van der Waals surface area contributed by atoms with E-state index >= 15 is 0 Å². The molecule has 0 radical (unpaired) electrons. The molecular weight excluding hydrogens is 270 g/mol. The van der Waals surface area contributed by atoms with Gasteiger partial charge in [0, 0.05) is 57.2 Å². The summed E-state index contributed by atoms with van der Waals surface area (Å²) in [5.41, 5.74) is 3.07. The van der Waals surface area contributed by atoms with Crippen molar-refractivity contribution in [2.75, 3.05) is 26.3 Å². The van der Waals surface area contributed by atoms with Crippen molar-refractivity contribution < 1.29 is 9.84 Å². The number of aromatic nitrogens is 4. The number of nitrogens with zero attached hydrogens (tertiary/aromatic N) is 4. The Morgan fingerprint density at radius 3 is 3.19 bits per heavy atom. The van der Waals surface area contributed by atoms with Crippen molar-refractivity contribution in [1.82, 2.24) is 24.9 Å². The van der Waals surface area contributed by atoms with E-state index in [1.165, 1.54) is 5.56 Å². The van der Waals surface area contributed by atoms with Crippen molar-refractivity contribution in [3.63, 3.8) is 0 Å². The Hall–Kier alpha value is -1.70. The topological polar surface area (TPSA) is 79.2 Å². The second kappa shape index (κ2) is 6.38. The molecule has 0 spiro atoms. The van der Waals surface area contributed by atoms with Gasteiger partial charge in [0.05, 0.1) is 18.5 Å². The fourth-order valence-electron chi connectivity index (χ4n) is 2.63. The molecule has 0 bridgehead atoms. The lowest BCUT2D eigenvalue weighted by molar-refractivity contribution is -0.0350. The highest BCUT2D eigenvalue weighted by Crippen LogP contribution is 2.22. The number of aromatic amines is 1. The van der Waals surface area contributed by atoms with Crippen molar-refractivity contribution in [2.24, 2.45) is 7.05 Å². The molecule has 2 aromatic rings. The van der Waals surface area contributed by atoms with Gasteiger partial charge in [0.1, 0.15) is 6.10 Å². The lowest BCUT2D eigenvalue weighted by Crippen LogP contribution is -2.37. The lowest BCUT2D eigenvalue weighted by Gasteiger charge is -2.31. The summed E-state index contributed by atoms with van der Waals surface area (Å²) in [5, 5.41) is 20.4. The molecule has 0 aromatic carbocycles. The van der Waals surface area contributed by atoms with E-state index in [4.69, 9.17) is 9.84 Å². The average Bonchev–Trinajstić information content (AvgIpc) is 3.09. The third-order valence-corrected chi connectivity index (χ3v) is 3.68. The normalized spacial score (nSPS) is 20.0. The molecule has 2 N–H and O–H groups in total. The summed E-state index contributed by atoms with van der Waals surface area (Å²) in [7, 11) is 1.93. The Bertz CT molecular complexity index is 579. The van der Waals surface area contributed by atoms with E-state index in [1.54, 1.807) is 0 Å². The van der Waals surface area contributed by atoms with Gasteiger partial charge in [0.2, 0.25) is 0 Å². The maximum absolute atomic E-state index is 8.95. The molecule has 114 valence electrons. The second-order valence-electron chi connectivity index (χ2n) is 5.41. The zero-order valence-electron chi connectivity index (χ0n) is 12.2. The molecular formula is C14H21N5O2. The zero-order valence-corrected chi connectivity index (χ0v) is 12.2. The first-order valence-corrected chi connectivity index (χ1v) is 7.21. The molecule has 0 amide bonds. The maximum atomic E-state index is 8.95. The van der Waals surface area contributed by atoms with Gasteiger partial charge in [-0.15, -0.1) is 0 Å². The van der Waals surface area contributed by atoms with Crippen LogP contribution in [0.3, 0.4) is 0 Å². The molecule has 3 heterocycles. The highest BCUT2D eigenvalue weighted by molar-refractivity contribution is 5.13. The summed E-state index contributed by atoms with van der Waals surface area (Å²) >= 11 is 0. The van der Waals surface area contributed by atoms with E-state index in [1.807, 2.05) is 30.2 Å². The van der Waals surface area contributed by atoms with Crippen LogP contribution >= 0.6 is 0 Å². The van der Waals surface area contributed by atoms with Crippen molar-refractivity contribution >= 4 is 0 Å². The molecule has 0 aliphatic carbocycles. The predicted molar refractivity (Wildman–Crippen MR) is 76.6 cm³/mol. The Balaban J connectivity index is 1.61. The first kappa shape index (κ1) is 14.2. The van der Waals surface area contributed by atoms with Crippen molar-refractivity contribution in [1.29, 1.82) is 0 Å². The summed E-state index contributed by atoms with van der Waals surface area (Å²) < 4.78 is 7.64. The number of ether oxygens (including phenoxy) is 1. The Morgan fingerprint density at radius 2 is 2.43 bits per heavy atom. The standard InChI is InChI=1S/C14H21N5O2/c1-18-8-11(7-15-18)9-19-3-5-21-14(10-19)13-6-12(2-4-20)16-17-13/h6-8,14,20H,2-5,9-10H2,1H3,(H,16,17)/t14-/m1/s1. The van der Waals surface area contributed by atoms with Crippen LogP contribution in [0.5, 0.6) is 0 Å². The average molecular weight is 291 g/mol. The van der Waals surface area contributed by atoms with Crippen LogP contribution < -0.4 is 0 Å². The summed E-state index contributed by atoms with van der Waals surface area (Å²) in [5.74, 6) is 0. The number of hydrogen-bond donors (Lipinski definition) is 2. The number of rotatable bonds is 5. The van der Waals surface area contributed by atoms with Crippen LogP contribution in [-0.2, 0) is 24.8 Å². The molecule has 1 fully saturated rings. The van der Waals surface area contributed by atoms with Crippen LogP contribution in [-0.4, -0.2) is 56.3 Å². The van der Waals surface area contributed by atoms with Crippen LogP contribution in [0.1, 0.15) is 23.1 Å². The molecule has 1 atom stereocenters. The molecule has 1 aliphatic heterocycles. The SMILES string of the molecule is Cn1cc(CN2CCO[C@@H](c3cc(CCO)[nH]n3)C2)cn1. The second-order valence-corrected chi connectivity index (χ2v) is 5.41. The van der Waals surface area contributed by atoms with E-state index in [0.29, 0.717) is 13.0 Å². The van der Waals surface area contributed by atoms with Crippen LogP contribution in [0.2, 0.25) is 0 Å². The van der Waals surface area contributed by atoms with E-state index in [-0.39, 0.29) is 12.7 Å². The quantitative estimate of drug-likeness (QED) is 0.825. The van der Waals surface area contributed by atoms with Gasteiger partial charge in [-0.3, -0.25) is 14.7 Å². The third kappa shape index (κ3) is 3.49. The van der Waals surface area contributed by atoms with E-state index in [9.17, 15) is 0 Å². The monoisotopic (exact) mass is 291 g/mol. The molecule has 7 heteroatoms. The fraction of sp³-hybridized carbons (Fsp3) is 0.571. The molecule has 1 aliphatic rings. The van der Waals surface area contributed by atoms with Gasteiger partial charge >= 0.3 is 0 Å². The number of aliphatic hydroxyl groups excluding tert-OH is 1. The van der Waals surface area contributed by atoms with Crippen LogP contribution in [0, 0.1) is 0 Å². The van der Waals surface area contributed by atoms with Crippen LogP contribution in [0.15, 0.2) is 18.5 Å². The summed E-state index contributed by atoms with van der Waals surface area (Å²) in [6.07, 6.45) is 4.52. The molecule has 1 saturated heterocycles. The lowest BCUT2D eigenvalue weighted by atomic mass is 10.1. The van der Waals surface area contributed by atoms with Crippen LogP contribution in [0.25, 0.3) is 0 Å². The molecule has 2 aromatic heterocycles. The number of H-pyrrole nitrogens is 1. The molecule has 21 heavy (non-hydrogen) atoms. The minimum absolute atomic E-state index is 0.0147. The van der Waals surface area contributed by atoms with Crippen molar-refractivity contribution in [3.05, 3.63) is 35.4 Å². The zero-order chi connectivity index (χ0) is 14.7. The van der Waals surface area contributed by atoms with Gasteiger partial charge < -0.3 is 9.84 Å². The van der Waals surface area contributed by atoms with Crippen molar-refractivity contribution in [3.8, 4) is 0 Å². The van der Waals surface area contributed by atoms with Gasteiger partial charge in [-0.1, -0.05) is 0 Å². The Morgan fingerprint density at radius 1 is 1.52 bits per heavy atom. The summed E-state index contributed by atoms with van der Waals surface area (Å²) in [6.45, 7) is 3.44. The molecule has 0 unspecified atom stereocenters. The van der Waals surface area contributed by atoms with E-state index < -0.39 is 0 Å². The van der Waals surface area contributed by atoms with Gasteiger partial charge in [0.25, 0.3) is 0 Å². The summed E-state index contributed by atoms with van der Waals surface area (Å²) in [4.78, 5) is 2.35. The van der Waals surface area contributed by atoms with E-state index in [0.717, 1.165) is 31.0 Å². The van der Waals surface area contributed by atoms with Crippen LogP contribution in [0.4, 0.5) is 0 Å². The molecule has 3 rings (SSSR count). The van der Waals surface area contributed by atoms with Gasteiger partial charge in [-0.05, 0) is 6.07 Å². The number of aliphatic hydroxyl groups is 1. The minimum atomic E-state index is -0.0147. The number of aryl methyl sites for hydroxylation is 1. The molecule has 0 saturated carbocycles. The largest absolute Gasteiger partial charge is 0.396 e. The predicted octanol–water partition coefficient (Wildman–Crippen LogP) is 0.251. The number of hydrogen-bond acceptors (Lipinski definition) is 5. The minimum Gasteiger partial charge on any atom is -0.396 e. The van der Waals surface area contributed by atoms with Gasteiger partial charge in [-0.25, -0.2) is 0 Å². The fourth-order valence-corrected chi connectivity index (χ4v) is 2.63. The maximum Gasteiger partial charge on any atom is 0.114 e. The highest BCUT2D eigenvalue weighted by atomic mass is 16.5. The number of morpholine rings is 1. The van der Waals surface area contributed by atoms with Gasteiger partial charge in [0.15, 0.2) is 0 Å². The van der Waals surface area contributed by atoms with Gasteiger partial charge in [-0.2, -0.15) is 10.2 Å². The highest BCUT2D eigenvalue weighted by Gasteiger charge is 2.24. The van der Waals surface area contributed by atoms with Crippen molar-refractivity contribution in [2.45, 2.75) is 19.1 Å². The molecule has 7 nitrogen and oxygen atoms in total.